The van der Waals surface area contributed by atoms with E-state index in [9.17, 15) is 0 Å². The molecular weight excluding hydrogens is 204 g/mol. The van der Waals surface area contributed by atoms with Gasteiger partial charge in [-0.2, -0.15) is 0 Å². The van der Waals surface area contributed by atoms with Gasteiger partial charge < -0.3 is 15.1 Å². The van der Waals surface area contributed by atoms with E-state index in [0.717, 1.165) is 5.92 Å². The number of hydrogen-bond acceptors (Lipinski definition) is 5. The Kier molecular flexibility index (Phi) is 3.43. The molecule has 90 valence electrons. The van der Waals surface area contributed by atoms with Crippen LogP contribution in [0.1, 0.15) is 39.5 Å². The minimum Gasteiger partial charge on any atom is -0.407 e. The van der Waals surface area contributed by atoms with Crippen molar-refractivity contribution in [2.75, 3.05) is 5.32 Å². The van der Waals surface area contributed by atoms with Crippen molar-refractivity contribution >= 4 is 6.01 Å². The normalized spacial score (nSPS) is 17.8. The second-order valence-electron chi connectivity index (χ2n) is 4.81. The Balaban J connectivity index is 1.81. The third kappa shape index (κ3) is 3.20. The van der Waals surface area contributed by atoms with Crippen LogP contribution >= 0.6 is 0 Å². The number of aromatic nitrogens is 2. The Hall–Kier alpha value is -1.10. The predicted octanol–water partition coefficient (Wildman–Crippen LogP) is 1.78. The van der Waals surface area contributed by atoms with Crippen molar-refractivity contribution in [3.63, 3.8) is 0 Å². The maximum atomic E-state index is 5.49. The van der Waals surface area contributed by atoms with E-state index in [1.54, 1.807) is 0 Å². The van der Waals surface area contributed by atoms with Crippen molar-refractivity contribution in [1.82, 2.24) is 15.5 Å². The number of nitrogens with zero attached hydrogens (tertiary/aromatic N) is 2. The highest BCUT2D eigenvalue weighted by Gasteiger charge is 2.28. The van der Waals surface area contributed by atoms with Crippen molar-refractivity contribution in [3.8, 4) is 0 Å². The third-order valence-corrected chi connectivity index (χ3v) is 2.81. The molecule has 0 amide bonds. The first-order valence-corrected chi connectivity index (χ1v) is 5.97. The molecule has 2 N–H and O–H groups in total. The van der Waals surface area contributed by atoms with E-state index < -0.39 is 0 Å². The fraction of sp³-hybridized carbons (Fsp3) is 0.818. The molecule has 1 aromatic heterocycles. The van der Waals surface area contributed by atoms with Gasteiger partial charge in [-0.15, -0.1) is 5.10 Å². The van der Waals surface area contributed by atoms with Crippen LogP contribution in [0.2, 0.25) is 0 Å². The molecule has 0 saturated heterocycles. The van der Waals surface area contributed by atoms with Crippen LogP contribution in [0.3, 0.4) is 0 Å². The first-order chi connectivity index (χ1) is 7.65. The van der Waals surface area contributed by atoms with Crippen LogP contribution in [0.5, 0.6) is 0 Å². The van der Waals surface area contributed by atoms with E-state index in [1.165, 1.54) is 12.8 Å². The van der Waals surface area contributed by atoms with Crippen LogP contribution in [0.15, 0.2) is 4.42 Å². The first-order valence-electron chi connectivity index (χ1n) is 5.97. The molecule has 1 unspecified atom stereocenters. The summed E-state index contributed by atoms with van der Waals surface area (Å²) in [6.07, 6.45) is 2.62. The fourth-order valence-corrected chi connectivity index (χ4v) is 1.58. The summed E-state index contributed by atoms with van der Waals surface area (Å²) in [5.41, 5.74) is 0. The van der Waals surface area contributed by atoms with Crippen LogP contribution in [-0.4, -0.2) is 22.3 Å². The lowest BCUT2D eigenvalue weighted by atomic mass is 10.2. The molecule has 5 nitrogen and oxygen atoms in total. The second kappa shape index (κ2) is 4.82. The molecule has 1 aliphatic carbocycles. The molecule has 0 bridgehead atoms. The lowest BCUT2D eigenvalue weighted by Crippen LogP contribution is -2.21. The highest BCUT2D eigenvalue weighted by atomic mass is 16.4. The third-order valence-electron chi connectivity index (χ3n) is 2.81. The Labute approximate surface area is 96.0 Å². The van der Waals surface area contributed by atoms with Gasteiger partial charge in [-0.05, 0) is 25.7 Å². The lowest BCUT2D eigenvalue weighted by Gasteiger charge is -2.09. The van der Waals surface area contributed by atoms with Crippen LogP contribution in [0.25, 0.3) is 0 Å². The monoisotopic (exact) mass is 224 g/mol. The van der Waals surface area contributed by atoms with Crippen LogP contribution in [0, 0.1) is 5.92 Å². The van der Waals surface area contributed by atoms with Crippen molar-refractivity contribution in [1.29, 1.82) is 0 Å². The molecule has 0 aliphatic heterocycles. The average molecular weight is 224 g/mol. The van der Waals surface area contributed by atoms with Gasteiger partial charge in [0, 0.05) is 12.1 Å². The van der Waals surface area contributed by atoms with Gasteiger partial charge in [-0.3, -0.25) is 0 Å². The topological polar surface area (TPSA) is 63.0 Å². The van der Waals surface area contributed by atoms with Crippen LogP contribution < -0.4 is 10.6 Å². The highest BCUT2D eigenvalue weighted by molar-refractivity contribution is 5.20. The van der Waals surface area contributed by atoms with Gasteiger partial charge in [0.25, 0.3) is 0 Å². The van der Waals surface area contributed by atoms with Gasteiger partial charge in [0.2, 0.25) is 5.89 Å². The molecule has 2 rings (SSSR count). The molecule has 1 fully saturated rings. The number of hydrogen-bond donors (Lipinski definition) is 2. The predicted molar refractivity (Wildman–Crippen MR) is 62.1 cm³/mol. The summed E-state index contributed by atoms with van der Waals surface area (Å²) < 4.78 is 5.49. The minimum atomic E-state index is 0.425. The van der Waals surface area contributed by atoms with Crippen molar-refractivity contribution < 1.29 is 4.42 Å². The summed E-state index contributed by atoms with van der Waals surface area (Å²) in [6, 6.07) is 1.40. The summed E-state index contributed by atoms with van der Waals surface area (Å²) in [6.45, 7) is 6.97. The molecule has 0 radical (unpaired) electrons. The lowest BCUT2D eigenvalue weighted by molar-refractivity contribution is 0.454. The van der Waals surface area contributed by atoms with Gasteiger partial charge in [0.15, 0.2) is 0 Å². The van der Waals surface area contributed by atoms with Gasteiger partial charge in [-0.1, -0.05) is 18.9 Å². The van der Waals surface area contributed by atoms with Crippen molar-refractivity contribution in [3.05, 3.63) is 5.89 Å². The molecule has 1 atom stereocenters. The van der Waals surface area contributed by atoms with Gasteiger partial charge >= 0.3 is 6.01 Å². The number of nitrogens with one attached hydrogen (secondary N) is 2. The molecule has 5 heteroatoms. The standard InChI is InChI=1S/C11H20N4O/c1-7(2)12-6-10-14-15-11(16-10)13-8(3)9-4-5-9/h7-9,12H,4-6H2,1-3H3,(H,13,15). The highest BCUT2D eigenvalue weighted by Crippen LogP contribution is 2.33. The second-order valence-corrected chi connectivity index (χ2v) is 4.81. The molecule has 1 saturated carbocycles. The van der Waals surface area contributed by atoms with E-state index in [0.29, 0.717) is 30.5 Å². The van der Waals surface area contributed by atoms with E-state index >= 15 is 0 Å². The number of anilines is 1. The maximum absolute atomic E-state index is 5.49. The zero-order chi connectivity index (χ0) is 11.5. The number of rotatable bonds is 6. The zero-order valence-corrected chi connectivity index (χ0v) is 10.2. The van der Waals surface area contributed by atoms with Crippen molar-refractivity contribution in [2.24, 2.45) is 5.92 Å². The Morgan fingerprint density at radius 2 is 2.06 bits per heavy atom. The average Bonchev–Trinajstić information content (AvgIpc) is 2.98. The van der Waals surface area contributed by atoms with E-state index in [-0.39, 0.29) is 0 Å². The van der Waals surface area contributed by atoms with E-state index in [4.69, 9.17) is 4.42 Å². The maximum Gasteiger partial charge on any atom is 0.315 e. The van der Waals surface area contributed by atoms with Gasteiger partial charge in [0.05, 0.1) is 6.54 Å². The molecule has 0 spiro atoms. The zero-order valence-electron chi connectivity index (χ0n) is 10.2. The van der Waals surface area contributed by atoms with Gasteiger partial charge in [-0.25, -0.2) is 0 Å². The van der Waals surface area contributed by atoms with E-state index in [2.05, 4.69) is 41.6 Å². The molecule has 1 heterocycles. The Bertz CT molecular complexity index is 332. The summed E-state index contributed by atoms with van der Waals surface area (Å²) in [5, 5.41) is 14.4. The van der Waals surface area contributed by atoms with Crippen LogP contribution in [-0.2, 0) is 6.54 Å². The summed E-state index contributed by atoms with van der Waals surface area (Å²) in [7, 11) is 0. The van der Waals surface area contributed by atoms with E-state index in [1.807, 2.05) is 0 Å². The first kappa shape index (κ1) is 11.4. The molecule has 1 aliphatic rings. The Morgan fingerprint density at radius 1 is 1.31 bits per heavy atom. The summed E-state index contributed by atoms with van der Waals surface area (Å²) in [5.74, 6) is 1.42. The summed E-state index contributed by atoms with van der Waals surface area (Å²) in [4.78, 5) is 0. The van der Waals surface area contributed by atoms with Gasteiger partial charge in [0.1, 0.15) is 0 Å². The largest absolute Gasteiger partial charge is 0.407 e. The fourth-order valence-electron chi connectivity index (χ4n) is 1.58. The molecule has 0 aromatic carbocycles. The summed E-state index contributed by atoms with van der Waals surface area (Å²) >= 11 is 0. The van der Waals surface area contributed by atoms with Crippen LogP contribution in [0.4, 0.5) is 6.01 Å². The SMILES string of the molecule is CC(C)NCc1nnc(NC(C)C2CC2)o1. The smallest absolute Gasteiger partial charge is 0.315 e. The molecular formula is C11H20N4O. The molecule has 1 aromatic rings. The quantitative estimate of drug-likeness (QED) is 0.771. The Morgan fingerprint density at radius 3 is 2.69 bits per heavy atom. The minimum absolute atomic E-state index is 0.425. The molecule has 16 heavy (non-hydrogen) atoms. The van der Waals surface area contributed by atoms with Crippen molar-refractivity contribution in [2.45, 2.75) is 52.2 Å².